The Kier molecular flexibility index (Phi) is 6.36. The van der Waals surface area contributed by atoms with E-state index in [9.17, 15) is 23.3 Å². The highest BCUT2D eigenvalue weighted by Crippen LogP contribution is 2.22. The van der Waals surface area contributed by atoms with Crippen molar-refractivity contribution < 1.29 is 27.1 Å². The first-order valence-electron chi connectivity index (χ1n) is 8.02. The number of carbonyl (C=O) groups excluding carboxylic acids is 1. The topological polar surface area (TPSA) is 134 Å². The van der Waals surface area contributed by atoms with Crippen LogP contribution in [0, 0.1) is 17.0 Å². The number of benzene rings is 1. The molecule has 28 heavy (non-hydrogen) atoms. The fourth-order valence-corrected chi connectivity index (χ4v) is 3.43. The fraction of sp³-hybridized carbons (Fsp3) is 0.375. The van der Waals surface area contributed by atoms with Crippen LogP contribution in [0.2, 0.25) is 0 Å². The van der Waals surface area contributed by atoms with Crippen LogP contribution >= 0.6 is 0 Å². The monoisotopic (exact) mass is 412 g/mol. The van der Waals surface area contributed by atoms with Crippen LogP contribution in [0.1, 0.15) is 17.0 Å². The van der Waals surface area contributed by atoms with E-state index in [4.69, 9.17) is 8.92 Å². The summed E-state index contributed by atoms with van der Waals surface area (Å²) in [6.07, 6.45) is -0.664. The zero-order chi connectivity index (χ0) is 21.1. The van der Waals surface area contributed by atoms with Crippen molar-refractivity contribution in [3.05, 3.63) is 51.3 Å². The number of rotatable bonds is 7. The van der Waals surface area contributed by atoms with Gasteiger partial charge >= 0.3 is 12.0 Å². The van der Waals surface area contributed by atoms with Crippen LogP contribution in [0.15, 0.2) is 29.2 Å². The second-order valence-corrected chi connectivity index (χ2v) is 7.64. The van der Waals surface area contributed by atoms with Gasteiger partial charge in [-0.2, -0.15) is 8.42 Å². The number of amides is 1. The van der Waals surface area contributed by atoms with E-state index in [0.717, 1.165) is 4.57 Å². The summed E-state index contributed by atoms with van der Waals surface area (Å²) in [5.41, 5.74) is 0.634. The minimum Gasteiger partial charge on any atom is -0.441 e. The lowest BCUT2D eigenvalue weighted by atomic mass is 10.2. The average molecular weight is 412 g/mol. The number of imidazole rings is 1. The third kappa shape index (κ3) is 4.64. The molecule has 0 unspecified atom stereocenters. The lowest BCUT2D eigenvalue weighted by Gasteiger charge is -2.11. The molecule has 0 aliphatic heterocycles. The van der Waals surface area contributed by atoms with E-state index in [2.05, 4.69) is 4.98 Å². The van der Waals surface area contributed by atoms with Crippen molar-refractivity contribution in [3.63, 3.8) is 0 Å². The van der Waals surface area contributed by atoms with E-state index in [1.807, 2.05) is 0 Å². The quantitative estimate of drug-likeness (QED) is 0.381. The highest BCUT2D eigenvalue weighted by molar-refractivity contribution is 7.86. The summed E-state index contributed by atoms with van der Waals surface area (Å²) in [5.74, 6) is -0.525. The minimum absolute atomic E-state index is 0.0129. The first kappa shape index (κ1) is 21.3. The van der Waals surface area contributed by atoms with Crippen molar-refractivity contribution in [2.24, 2.45) is 7.05 Å². The molecular weight excluding hydrogens is 392 g/mol. The van der Waals surface area contributed by atoms with Gasteiger partial charge in [0.15, 0.2) is 18.0 Å². The van der Waals surface area contributed by atoms with Crippen molar-refractivity contribution in [2.45, 2.75) is 25.0 Å². The normalized spacial score (nSPS) is 11.3. The van der Waals surface area contributed by atoms with Crippen LogP contribution in [-0.2, 0) is 39.3 Å². The Morgan fingerprint density at radius 1 is 1.29 bits per heavy atom. The van der Waals surface area contributed by atoms with E-state index >= 15 is 0 Å². The third-order valence-electron chi connectivity index (χ3n) is 3.85. The van der Waals surface area contributed by atoms with Crippen LogP contribution in [0.4, 0.5) is 10.7 Å². The van der Waals surface area contributed by atoms with Crippen molar-refractivity contribution >= 4 is 22.2 Å². The van der Waals surface area contributed by atoms with Gasteiger partial charge in [0, 0.05) is 14.1 Å². The zero-order valence-corrected chi connectivity index (χ0v) is 16.6. The van der Waals surface area contributed by atoms with Gasteiger partial charge in [0.2, 0.25) is 0 Å². The minimum atomic E-state index is -4.11. The highest BCUT2D eigenvalue weighted by atomic mass is 32.2. The van der Waals surface area contributed by atoms with Gasteiger partial charge in [-0.05, 0) is 23.5 Å². The summed E-state index contributed by atoms with van der Waals surface area (Å²) in [6, 6.07) is 6.26. The molecule has 1 heterocycles. The Balaban J connectivity index is 2.29. The molecule has 0 bridgehead atoms. The van der Waals surface area contributed by atoms with Crippen LogP contribution in [0.25, 0.3) is 0 Å². The smallest absolute Gasteiger partial charge is 0.435 e. The molecular formula is C16H20N4O7S. The van der Waals surface area contributed by atoms with Gasteiger partial charge < -0.3 is 19.8 Å². The van der Waals surface area contributed by atoms with E-state index in [1.165, 1.54) is 32.1 Å². The van der Waals surface area contributed by atoms with E-state index in [1.54, 1.807) is 25.1 Å². The molecule has 1 aromatic heterocycles. The summed E-state index contributed by atoms with van der Waals surface area (Å²) < 4.78 is 36.1. The molecule has 0 atom stereocenters. The number of nitrogens with zero attached hydrogens (tertiary/aromatic N) is 4. The van der Waals surface area contributed by atoms with E-state index < -0.39 is 33.7 Å². The molecule has 11 nitrogen and oxygen atoms in total. The van der Waals surface area contributed by atoms with Gasteiger partial charge in [0.05, 0.1) is 11.9 Å². The number of nitro groups is 1. The Labute approximate surface area is 161 Å². The van der Waals surface area contributed by atoms with Gasteiger partial charge in [-0.3, -0.25) is 4.18 Å². The molecule has 0 aliphatic carbocycles. The van der Waals surface area contributed by atoms with Crippen molar-refractivity contribution in [3.8, 4) is 0 Å². The largest absolute Gasteiger partial charge is 0.441 e. The molecule has 0 N–H and O–H groups in total. The summed E-state index contributed by atoms with van der Waals surface area (Å²) in [6.45, 7) is 0.735. The predicted molar refractivity (Wildman–Crippen MR) is 96.9 cm³/mol. The SMILES string of the molecule is Cc1ccccc1S(=O)(=O)OCc1nc([N+](=O)[O-])n(C)c1COC(=O)N(C)C. The van der Waals surface area contributed by atoms with Gasteiger partial charge in [-0.1, -0.05) is 23.2 Å². The summed E-state index contributed by atoms with van der Waals surface area (Å²) >= 11 is 0. The lowest BCUT2D eigenvalue weighted by Crippen LogP contribution is -2.23. The van der Waals surface area contributed by atoms with Crippen molar-refractivity contribution in [1.82, 2.24) is 14.5 Å². The first-order valence-corrected chi connectivity index (χ1v) is 9.43. The molecule has 2 aromatic rings. The molecule has 1 aromatic carbocycles. The molecule has 0 saturated heterocycles. The Hall–Kier alpha value is -2.99. The van der Waals surface area contributed by atoms with E-state index in [-0.39, 0.29) is 22.9 Å². The Morgan fingerprint density at radius 2 is 1.93 bits per heavy atom. The third-order valence-corrected chi connectivity index (χ3v) is 5.27. The summed E-state index contributed by atoms with van der Waals surface area (Å²) in [7, 11) is 0.213. The van der Waals surface area contributed by atoms with Gasteiger partial charge in [0.1, 0.15) is 6.61 Å². The second kappa shape index (κ2) is 8.35. The second-order valence-electron chi connectivity index (χ2n) is 6.05. The number of hydrogen-bond donors (Lipinski definition) is 0. The van der Waals surface area contributed by atoms with Crippen LogP contribution in [-0.4, -0.2) is 48.0 Å². The average Bonchev–Trinajstić information content (AvgIpc) is 2.94. The first-order chi connectivity index (χ1) is 13.0. The van der Waals surface area contributed by atoms with Crippen LogP contribution in [0.5, 0.6) is 0 Å². The summed E-state index contributed by atoms with van der Waals surface area (Å²) in [5, 5.41) is 11.1. The van der Waals surface area contributed by atoms with Crippen molar-refractivity contribution in [1.29, 1.82) is 0 Å². The van der Waals surface area contributed by atoms with E-state index in [0.29, 0.717) is 5.56 Å². The standard InChI is InChI=1S/C16H20N4O7S/c1-11-7-5-6-8-14(11)28(24,25)27-9-12-13(10-26-16(21)18(2)3)19(4)15(17-12)20(22)23/h5-8H,9-10H2,1-4H3. The van der Waals surface area contributed by atoms with Crippen LogP contribution < -0.4 is 0 Å². The number of ether oxygens (including phenoxy) is 1. The number of carbonyl (C=O) groups is 1. The molecule has 1 amide bonds. The number of aromatic nitrogens is 2. The summed E-state index contributed by atoms with van der Waals surface area (Å²) in [4.78, 5) is 27.0. The predicted octanol–water partition coefficient (Wildman–Crippen LogP) is 1.74. The molecule has 0 saturated carbocycles. The maximum Gasteiger partial charge on any atom is 0.435 e. The Morgan fingerprint density at radius 3 is 2.50 bits per heavy atom. The molecule has 12 heteroatoms. The maximum absolute atomic E-state index is 12.4. The maximum atomic E-state index is 12.4. The van der Waals surface area contributed by atoms with Crippen LogP contribution in [0.3, 0.4) is 0 Å². The molecule has 0 radical (unpaired) electrons. The molecule has 152 valence electrons. The molecule has 0 fully saturated rings. The number of hydrogen-bond acceptors (Lipinski definition) is 8. The lowest BCUT2D eigenvalue weighted by molar-refractivity contribution is -0.396. The van der Waals surface area contributed by atoms with Gasteiger partial charge in [0.25, 0.3) is 10.1 Å². The molecule has 0 aliphatic rings. The van der Waals surface area contributed by atoms with Gasteiger partial charge in [-0.15, -0.1) is 0 Å². The molecule has 2 rings (SSSR count). The Bertz CT molecular complexity index is 998. The van der Waals surface area contributed by atoms with Crippen molar-refractivity contribution in [2.75, 3.05) is 14.1 Å². The van der Waals surface area contributed by atoms with Gasteiger partial charge in [-0.25, -0.2) is 9.36 Å². The zero-order valence-electron chi connectivity index (χ0n) is 15.8. The highest BCUT2D eigenvalue weighted by Gasteiger charge is 2.28. The fourth-order valence-electron chi connectivity index (χ4n) is 2.33. The number of aryl methyl sites for hydroxylation is 1. The molecule has 0 spiro atoms.